The second-order valence-electron chi connectivity index (χ2n) is 3.23. The SMILES string of the molecule is C[C@@H](OC(=O)CSCc1ccc(Cl)s1)C(N)=O. The highest BCUT2D eigenvalue weighted by Crippen LogP contribution is 2.25. The molecule has 0 saturated carbocycles. The fraction of sp³-hybridized carbons (Fsp3) is 0.400. The smallest absolute Gasteiger partial charge is 0.316 e. The molecule has 0 spiro atoms. The summed E-state index contributed by atoms with van der Waals surface area (Å²) in [5.74, 6) is -0.206. The fourth-order valence-electron chi connectivity index (χ4n) is 0.954. The molecular formula is C10H12ClNO3S2. The molecule has 0 bridgehead atoms. The average Bonchev–Trinajstić information content (AvgIpc) is 2.64. The van der Waals surface area contributed by atoms with Crippen molar-refractivity contribution in [3.63, 3.8) is 0 Å². The van der Waals surface area contributed by atoms with Crippen LogP contribution in [0.2, 0.25) is 4.34 Å². The number of carbonyl (C=O) groups is 2. The van der Waals surface area contributed by atoms with Gasteiger partial charge in [-0.1, -0.05) is 11.6 Å². The van der Waals surface area contributed by atoms with Crippen LogP contribution in [0.4, 0.5) is 0 Å². The fourth-order valence-corrected chi connectivity index (χ4v) is 2.96. The predicted molar refractivity (Wildman–Crippen MR) is 70.2 cm³/mol. The Morgan fingerprint density at radius 3 is 2.82 bits per heavy atom. The zero-order valence-electron chi connectivity index (χ0n) is 9.14. The number of primary amides is 1. The summed E-state index contributed by atoms with van der Waals surface area (Å²) in [4.78, 5) is 23.0. The van der Waals surface area contributed by atoms with Gasteiger partial charge in [0.25, 0.3) is 5.91 Å². The molecule has 0 unspecified atom stereocenters. The molecule has 0 saturated heterocycles. The molecule has 4 nitrogen and oxygen atoms in total. The summed E-state index contributed by atoms with van der Waals surface area (Å²) < 4.78 is 5.53. The molecule has 1 heterocycles. The minimum absolute atomic E-state index is 0.188. The quantitative estimate of drug-likeness (QED) is 0.815. The van der Waals surface area contributed by atoms with Crippen molar-refractivity contribution in [1.29, 1.82) is 0 Å². The molecule has 0 fully saturated rings. The van der Waals surface area contributed by atoms with Gasteiger partial charge in [-0.15, -0.1) is 23.1 Å². The number of thioether (sulfide) groups is 1. The summed E-state index contributed by atoms with van der Waals surface area (Å²) in [5.41, 5.74) is 4.97. The van der Waals surface area contributed by atoms with Gasteiger partial charge in [0.2, 0.25) is 0 Å². The van der Waals surface area contributed by atoms with Gasteiger partial charge < -0.3 is 10.5 Å². The van der Waals surface area contributed by atoms with E-state index in [1.807, 2.05) is 12.1 Å². The summed E-state index contributed by atoms with van der Waals surface area (Å²) in [5, 5.41) is 0. The number of rotatable bonds is 6. The Kier molecular flexibility index (Phi) is 5.80. The lowest BCUT2D eigenvalue weighted by Crippen LogP contribution is -2.31. The number of ether oxygens (including phenoxy) is 1. The predicted octanol–water partition coefficient (Wildman–Crippen LogP) is 2.05. The van der Waals surface area contributed by atoms with Gasteiger partial charge in [0.1, 0.15) is 0 Å². The molecule has 1 atom stereocenters. The van der Waals surface area contributed by atoms with E-state index in [1.54, 1.807) is 0 Å². The molecule has 0 aliphatic rings. The van der Waals surface area contributed by atoms with Crippen molar-refractivity contribution >= 4 is 46.6 Å². The molecule has 1 aromatic heterocycles. The van der Waals surface area contributed by atoms with Gasteiger partial charge in [0, 0.05) is 10.6 Å². The lowest BCUT2D eigenvalue weighted by molar-refractivity contribution is -0.151. The molecule has 0 aromatic carbocycles. The second-order valence-corrected chi connectivity index (χ2v) is 6.02. The third-order valence-electron chi connectivity index (χ3n) is 1.80. The number of esters is 1. The van der Waals surface area contributed by atoms with Crippen molar-refractivity contribution in [2.75, 3.05) is 5.75 Å². The molecule has 0 aliphatic carbocycles. The molecule has 2 N–H and O–H groups in total. The summed E-state index contributed by atoms with van der Waals surface area (Å²) in [6, 6.07) is 3.73. The van der Waals surface area contributed by atoms with Gasteiger partial charge in [-0.3, -0.25) is 9.59 Å². The summed E-state index contributed by atoms with van der Waals surface area (Å²) in [6.07, 6.45) is -0.876. The van der Waals surface area contributed by atoms with Gasteiger partial charge in [-0.05, 0) is 19.1 Å². The third kappa shape index (κ3) is 5.43. The van der Waals surface area contributed by atoms with Crippen LogP contribution in [-0.4, -0.2) is 23.7 Å². The zero-order chi connectivity index (χ0) is 12.8. The van der Waals surface area contributed by atoms with E-state index in [9.17, 15) is 9.59 Å². The lowest BCUT2D eigenvalue weighted by Gasteiger charge is -2.08. The molecule has 94 valence electrons. The minimum Gasteiger partial charge on any atom is -0.452 e. The average molecular weight is 294 g/mol. The maximum Gasteiger partial charge on any atom is 0.316 e. The molecule has 7 heteroatoms. The Morgan fingerprint density at radius 2 is 2.29 bits per heavy atom. The van der Waals surface area contributed by atoms with Gasteiger partial charge in [-0.25, -0.2) is 0 Å². The Labute approximate surface area is 112 Å². The first kappa shape index (κ1) is 14.3. The van der Waals surface area contributed by atoms with E-state index in [0.717, 1.165) is 9.21 Å². The van der Waals surface area contributed by atoms with Gasteiger partial charge in [0.15, 0.2) is 6.10 Å². The lowest BCUT2D eigenvalue weighted by atomic mass is 10.4. The van der Waals surface area contributed by atoms with Crippen LogP contribution in [0.25, 0.3) is 0 Å². The van der Waals surface area contributed by atoms with E-state index >= 15 is 0 Å². The van der Waals surface area contributed by atoms with E-state index in [1.165, 1.54) is 30.0 Å². The van der Waals surface area contributed by atoms with Crippen molar-refractivity contribution in [2.45, 2.75) is 18.8 Å². The largest absolute Gasteiger partial charge is 0.452 e. The first-order valence-electron chi connectivity index (χ1n) is 4.80. The number of halogens is 1. The van der Waals surface area contributed by atoms with Crippen molar-refractivity contribution in [3.05, 3.63) is 21.3 Å². The Balaban J connectivity index is 2.22. The van der Waals surface area contributed by atoms with E-state index in [2.05, 4.69) is 0 Å². The summed E-state index contributed by atoms with van der Waals surface area (Å²) >= 11 is 8.65. The highest BCUT2D eigenvalue weighted by molar-refractivity contribution is 7.99. The zero-order valence-corrected chi connectivity index (χ0v) is 11.5. The van der Waals surface area contributed by atoms with Crippen molar-refractivity contribution in [2.24, 2.45) is 5.73 Å². The van der Waals surface area contributed by atoms with Crippen LogP contribution in [0, 0.1) is 0 Å². The van der Waals surface area contributed by atoms with E-state index in [-0.39, 0.29) is 5.75 Å². The molecule has 1 rings (SSSR count). The maximum absolute atomic E-state index is 11.3. The van der Waals surface area contributed by atoms with Crippen LogP contribution >= 0.6 is 34.7 Å². The molecule has 1 aromatic rings. The number of amides is 1. The van der Waals surface area contributed by atoms with Crippen molar-refractivity contribution in [1.82, 2.24) is 0 Å². The number of nitrogens with two attached hydrogens (primary N) is 1. The summed E-state index contributed by atoms with van der Waals surface area (Å²) in [7, 11) is 0. The van der Waals surface area contributed by atoms with Gasteiger partial charge in [-0.2, -0.15) is 0 Å². The molecule has 0 radical (unpaired) electrons. The van der Waals surface area contributed by atoms with E-state index < -0.39 is 18.0 Å². The highest BCUT2D eigenvalue weighted by atomic mass is 35.5. The molecular weight excluding hydrogens is 282 g/mol. The first-order chi connectivity index (χ1) is 7.99. The number of hydrogen-bond donors (Lipinski definition) is 1. The van der Waals surface area contributed by atoms with Crippen LogP contribution in [0.1, 0.15) is 11.8 Å². The van der Waals surface area contributed by atoms with E-state index in [0.29, 0.717) is 5.75 Å². The highest BCUT2D eigenvalue weighted by Gasteiger charge is 2.14. The Hall–Kier alpha value is -0.720. The van der Waals surface area contributed by atoms with Crippen LogP contribution in [0.5, 0.6) is 0 Å². The van der Waals surface area contributed by atoms with Crippen LogP contribution in [0.3, 0.4) is 0 Å². The number of carbonyl (C=O) groups excluding carboxylic acids is 2. The number of thiophene rings is 1. The van der Waals surface area contributed by atoms with E-state index in [4.69, 9.17) is 22.1 Å². The summed E-state index contributed by atoms with van der Waals surface area (Å²) in [6.45, 7) is 1.45. The molecule has 0 aliphatic heterocycles. The normalized spacial score (nSPS) is 12.1. The molecule has 1 amide bonds. The first-order valence-corrected chi connectivity index (χ1v) is 7.14. The Morgan fingerprint density at radius 1 is 1.59 bits per heavy atom. The Bertz CT molecular complexity index is 408. The van der Waals surface area contributed by atoms with Crippen LogP contribution < -0.4 is 5.73 Å². The minimum atomic E-state index is -0.876. The van der Waals surface area contributed by atoms with Crippen LogP contribution in [-0.2, 0) is 20.1 Å². The maximum atomic E-state index is 11.3. The van der Waals surface area contributed by atoms with Crippen LogP contribution in [0.15, 0.2) is 12.1 Å². The molecule has 17 heavy (non-hydrogen) atoms. The third-order valence-corrected chi connectivity index (χ3v) is 4.17. The number of hydrogen-bond acceptors (Lipinski definition) is 5. The second kappa shape index (κ2) is 6.88. The van der Waals surface area contributed by atoms with Crippen molar-refractivity contribution < 1.29 is 14.3 Å². The monoisotopic (exact) mass is 293 g/mol. The van der Waals surface area contributed by atoms with Gasteiger partial charge in [0.05, 0.1) is 10.1 Å². The van der Waals surface area contributed by atoms with Crippen molar-refractivity contribution in [3.8, 4) is 0 Å². The van der Waals surface area contributed by atoms with Gasteiger partial charge >= 0.3 is 5.97 Å². The topological polar surface area (TPSA) is 69.4 Å². The standard InChI is InChI=1S/C10H12ClNO3S2/c1-6(10(12)14)15-9(13)5-16-4-7-2-3-8(11)17-7/h2-3,6H,4-5H2,1H3,(H2,12,14)/t6-/m1/s1.